The molecular weight excluding hydrogens is 658 g/mol. The molecule has 1 N–H and O–H groups in total. The Morgan fingerprint density at radius 1 is 0.977 bits per heavy atom. The molecule has 2 aliphatic heterocycles. The Hall–Kier alpha value is -3.58. The van der Waals surface area contributed by atoms with E-state index >= 15 is 0 Å². The molecular formula is C30H20Cl2F3N3O4S2. The van der Waals surface area contributed by atoms with Gasteiger partial charge < -0.3 is 5.32 Å². The number of thioether (sulfide) groups is 1. The minimum absolute atomic E-state index is 0.0785. The zero-order valence-corrected chi connectivity index (χ0v) is 25.7. The molecule has 0 aliphatic carbocycles. The molecule has 1 aromatic heterocycles. The van der Waals surface area contributed by atoms with Crippen LogP contribution in [0.25, 0.3) is 0 Å². The molecule has 4 aromatic rings. The third-order valence-corrected chi connectivity index (χ3v) is 10.9. The number of rotatable bonds is 5. The van der Waals surface area contributed by atoms with Gasteiger partial charge in [-0.15, -0.1) is 0 Å². The second-order valence-electron chi connectivity index (χ2n) is 10.3. The number of carbonyl (C=O) groups excluding carboxylic acids is 3. The van der Waals surface area contributed by atoms with E-state index in [1.165, 1.54) is 22.8 Å². The van der Waals surface area contributed by atoms with E-state index in [4.69, 9.17) is 23.2 Å². The van der Waals surface area contributed by atoms with E-state index in [1.54, 1.807) is 30.3 Å². The minimum atomic E-state index is -4.84. The predicted octanol–water partition coefficient (Wildman–Crippen LogP) is 6.98. The molecule has 3 amide bonds. The molecule has 1 fully saturated rings. The molecule has 1 saturated heterocycles. The maximum atomic E-state index is 14.0. The molecule has 3 atom stereocenters. The van der Waals surface area contributed by atoms with Crippen LogP contribution in [-0.2, 0) is 27.1 Å². The number of hydrogen-bond acceptors (Lipinski definition) is 6. The Bertz CT molecular complexity index is 1910. The second kappa shape index (κ2) is 11.4. The van der Waals surface area contributed by atoms with Crippen molar-refractivity contribution in [2.75, 3.05) is 10.2 Å². The van der Waals surface area contributed by atoms with Gasteiger partial charge in [0.1, 0.15) is 11.8 Å². The van der Waals surface area contributed by atoms with E-state index in [9.17, 15) is 32.3 Å². The van der Waals surface area contributed by atoms with Crippen LogP contribution in [0.1, 0.15) is 27.5 Å². The minimum Gasteiger partial charge on any atom is -0.325 e. The smallest absolute Gasteiger partial charge is 0.325 e. The monoisotopic (exact) mass is 677 g/mol. The molecule has 0 radical (unpaired) electrons. The van der Waals surface area contributed by atoms with Gasteiger partial charge in [-0.3, -0.25) is 23.7 Å². The van der Waals surface area contributed by atoms with Crippen molar-refractivity contribution in [2.45, 2.75) is 35.8 Å². The number of alkyl halides is 3. The van der Waals surface area contributed by atoms with Crippen LogP contribution in [0.3, 0.4) is 0 Å². The van der Waals surface area contributed by atoms with Gasteiger partial charge in [-0.25, -0.2) is 4.90 Å². The number of aryl methyl sites for hydroxylation is 1. The summed E-state index contributed by atoms with van der Waals surface area (Å²) < 4.78 is 43.1. The van der Waals surface area contributed by atoms with Crippen molar-refractivity contribution in [3.8, 4) is 0 Å². The third kappa shape index (κ3) is 5.23. The molecule has 3 heterocycles. The number of para-hydroxylation sites is 1. The molecule has 0 bridgehead atoms. The van der Waals surface area contributed by atoms with Crippen molar-refractivity contribution in [3.05, 3.63) is 108 Å². The summed E-state index contributed by atoms with van der Waals surface area (Å²) in [5, 5.41) is 2.03. The van der Waals surface area contributed by atoms with Crippen molar-refractivity contribution in [1.82, 2.24) is 4.57 Å². The highest BCUT2D eigenvalue weighted by molar-refractivity contribution is 8.00. The van der Waals surface area contributed by atoms with Crippen LogP contribution in [0.4, 0.5) is 24.5 Å². The maximum Gasteiger partial charge on any atom is 0.418 e. The molecule has 0 saturated carbocycles. The van der Waals surface area contributed by atoms with Crippen molar-refractivity contribution in [2.24, 2.45) is 5.92 Å². The largest absolute Gasteiger partial charge is 0.418 e. The summed E-state index contributed by atoms with van der Waals surface area (Å²) in [6, 6.07) is 16.2. The summed E-state index contributed by atoms with van der Waals surface area (Å²) in [5.41, 5.74) is 0.0533. The van der Waals surface area contributed by atoms with E-state index in [1.807, 2.05) is 13.0 Å². The number of fused-ring (bicyclic) bond motifs is 2. The summed E-state index contributed by atoms with van der Waals surface area (Å²) in [5.74, 6) is -4.44. The Kier molecular flexibility index (Phi) is 7.89. The van der Waals surface area contributed by atoms with Gasteiger partial charge in [0, 0.05) is 16.5 Å². The van der Waals surface area contributed by atoms with Crippen molar-refractivity contribution >= 4 is 75.4 Å². The number of hydrogen-bond donors (Lipinski definition) is 1. The Balaban J connectivity index is 1.46. The van der Waals surface area contributed by atoms with E-state index in [2.05, 4.69) is 5.32 Å². The topological polar surface area (TPSA) is 88.5 Å². The molecule has 0 unspecified atom stereocenters. The lowest BCUT2D eigenvalue weighted by Crippen LogP contribution is -2.33. The van der Waals surface area contributed by atoms with Crippen LogP contribution < -0.4 is 15.1 Å². The number of carbonyl (C=O) groups is 3. The van der Waals surface area contributed by atoms with E-state index in [-0.39, 0.29) is 15.1 Å². The zero-order valence-electron chi connectivity index (χ0n) is 22.5. The zero-order chi connectivity index (χ0) is 31.5. The molecule has 3 aromatic carbocycles. The first-order valence-corrected chi connectivity index (χ1v) is 15.6. The average Bonchev–Trinajstić information content (AvgIpc) is 3.40. The van der Waals surface area contributed by atoms with E-state index in [0.717, 1.165) is 40.8 Å². The fraction of sp³-hybridized carbons (Fsp3) is 0.200. The first kappa shape index (κ1) is 30.4. The molecule has 2 aliphatic rings. The van der Waals surface area contributed by atoms with Gasteiger partial charge in [0.25, 0.3) is 0 Å². The Labute approximate surface area is 266 Å². The van der Waals surface area contributed by atoms with Gasteiger partial charge in [0.05, 0.1) is 32.2 Å². The number of aromatic nitrogens is 1. The number of imide groups is 1. The number of anilines is 2. The summed E-state index contributed by atoms with van der Waals surface area (Å²) in [4.78, 5) is 54.7. The number of thiazole rings is 1. The first-order valence-electron chi connectivity index (χ1n) is 13.1. The number of nitrogens with one attached hydrogen (secondary N) is 1. The van der Waals surface area contributed by atoms with Gasteiger partial charge in [-0.2, -0.15) is 13.2 Å². The van der Waals surface area contributed by atoms with Crippen LogP contribution >= 0.6 is 46.3 Å². The lowest BCUT2D eigenvalue weighted by atomic mass is 9.83. The van der Waals surface area contributed by atoms with Crippen molar-refractivity contribution in [1.29, 1.82) is 0 Å². The average molecular weight is 679 g/mol. The summed E-state index contributed by atoms with van der Waals surface area (Å²) in [6.07, 6.45) is -4.84. The van der Waals surface area contributed by atoms with E-state index in [0.29, 0.717) is 21.0 Å². The number of amides is 3. The lowest BCUT2D eigenvalue weighted by molar-refractivity contribution is -0.137. The fourth-order valence-electron chi connectivity index (χ4n) is 5.56. The number of halogens is 5. The van der Waals surface area contributed by atoms with Gasteiger partial charge in [0.2, 0.25) is 17.7 Å². The number of benzene rings is 3. The third-order valence-electron chi connectivity index (χ3n) is 7.42. The summed E-state index contributed by atoms with van der Waals surface area (Å²) >= 11 is 14.6. The van der Waals surface area contributed by atoms with Crippen LogP contribution in [0.5, 0.6) is 0 Å². The van der Waals surface area contributed by atoms with Gasteiger partial charge in [-0.05, 0) is 48.4 Å². The lowest BCUT2D eigenvalue weighted by Gasteiger charge is -2.31. The van der Waals surface area contributed by atoms with Gasteiger partial charge in [-0.1, -0.05) is 82.7 Å². The molecule has 14 heteroatoms. The highest BCUT2D eigenvalue weighted by atomic mass is 35.5. The van der Waals surface area contributed by atoms with Crippen LogP contribution in [0.15, 0.2) is 76.6 Å². The first-order chi connectivity index (χ1) is 20.9. The van der Waals surface area contributed by atoms with Gasteiger partial charge in [0.15, 0.2) is 0 Å². The van der Waals surface area contributed by atoms with E-state index < -0.39 is 63.7 Å². The highest BCUT2D eigenvalue weighted by Crippen LogP contribution is 2.55. The highest BCUT2D eigenvalue weighted by Gasteiger charge is 2.58. The Morgan fingerprint density at radius 2 is 1.70 bits per heavy atom. The molecule has 44 heavy (non-hydrogen) atoms. The fourth-order valence-corrected chi connectivity index (χ4v) is 8.75. The molecule has 6 rings (SSSR count). The van der Waals surface area contributed by atoms with Crippen LogP contribution in [0, 0.1) is 12.8 Å². The van der Waals surface area contributed by atoms with Crippen molar-refractivity contribution in [3.63, 3.8) is 0 Å². The molecule has 7 nitrogen and oxygen atoms in total. The molecule has 0 spiro atoms. The number of nitrogens with zero attached hydrogens (tertiary/aromatic N) is 2. The molecule has 226 valence electrons. The quantitative estimate of drug-likeness (QED) is 0.230. The summed E-state index contributed by atoms with van der Waals surface area (Å²) in [6.45, 7) is 1.46. The van der Waals surface area contributed by atoms with Crippen LogP contribution in [-0.4, -0.2) is 27.5 Å². The predicted molar refractivity (Wildman–Crippen MR) is 164 cm³/mol. The van der Waals surface area contributed by atoms with Crippen LogP contribution in [0.2, 0.25) is 10.0 Å². The second-order valence-corrected chi connectivity index (χ2v) is 13.2. The Morgan fingerprint density at radius 3 is 2.43 bits per heavy atom. The summed E-state index contributed by atoms with van der Waals surface area (Å²) in [7, 11) is 0. The normalized spacial score (nSPS) is 19.6. The maximum absolute atomic E-state index is 14.0. The standard InChI is InChI=1S/C30H20Cl2F3N3O4S2/c1-14-6-4-7-15(12-14)36-20(39)13-37-28-25(44-29(37)42)21(16-8-5-10-18(31)23(16)32)22-24(43-28)27(41)38(26(22)40)19-11-3-2-9-17(19)30(33,34)35/h2-12,21-22,24H,13H2,1H3,(H,36,39)/t21-,22-,24+/m0/s1. The van der Waals surface area contributed by atoms with Crippen molar-refractivity contribution < 1.29 is 27.6 Å². The SMILES string of the molecule is Cc1cccc(NC(=O)Cn2c3c(sc2=O)[C@@H](c2cccc(Cl)c2Cl)[C@@H]2C(=O)N(c4ccccc4C(F)(F)F)C(=O)[C@@H]2S3)c1. The van der Waals surface area contributed by atoms with Gasteiger partial charge >= 0.3 is 11.0 Å².